The van der Waals surface area contributed by atoms with Gasteiger partial charge < -0.3 is 18.9 Å². The average molecular weight is 849 g/mol. The van der Waals surface area contributed by atoms with E-state index in [-0.39, 0.29) is 17.4 Å². The SMILES string of the molecule is CC1Cc2c(c3ccccc3n2-c2ccc(N(c3ccccc3)c3ccc(-c4ccccc4)cc3)cc2)C=C1n1c2ccccc2c2c3c(ccc21)C1(C)C=CC=CC1N3c1ccccc1. The van der Waals surface area contributed by atoms with Gasteiger partial charge in [0.2, 0.25) is 0 Å². The van der Waals surface area contributed by atoms with Gasteiger partial charge in [0, 0.05) is 72.9 Å². The van der Waals surface area contributed by atoms with Crippen molar-refractivity contribution in [2.24, 2.45) is 5.92 Å². The van der Waals surface area contributed by atoms with Gasteiger partial charge in [0.15, 0.2) is 0 Å². The van der Waals surface area contributed by atoms with Gasteiger partial charge in [-0.05, 0) is 115 Å². The Bertz CT molecular complexity index is 3580. The largest absolute Gasteiger partial charge is 0.332 e. The topological polar surface area (TPSA) is 16.3 Å². The van der Waals surface area contributed by atoms with Crippen LogP contribution in [-0.4, -0.2) is 15.2 Å². The second kappa shape index (κ2) is 15.0. The fourth-order valence-electron chi connectivity index (χ4n) is 11.5. The number of hydrogen-bond donors (Lipinski definition) is 0. The van der Waals surface area contributed by atoms with Crippen LogP contribution in [0.15, 0.2) is 224 Å². The summed E-state index contributed by atoms with van der Waals surface area (Å²) < 4.78 is 5.10. The van der Waals surface area contributed by atoms with Gasteiger partial charge in [-0.2, -0.15) is 0 Å². The molecule has 13 rings (SSSR count). The molecule has 66 heavy (non-hydrogen) atoms. The molecule has 3 atom stereocenters. The normalized spacial score (nSPS) is 18.4. The van der Waals surface area contributed by atoms with Crippen LogP contribution in [0.1, 0.15) is 30.7 Å². The monoisotopic (exact) mass is 848 g/mol. The molecule has 0 bridgehead atoms. The molecule has 0 amide bonds. The molecule has 4 heteroatoms. The van der Waals surface area contributed by atoms with Gasteiger partial charge in [-0.1, -0.05) is 153 Å². The summed E-state index contributed by atoms with van der Waals surface area (Å²) in [6.07, 6.45) is 12.7. The molecule has 0 radical (unpaired) electrons. The van der Waals surface area contributed by atoms with Gasteiger partial charge in [0.25, 0.3) is 0 Å². The Morgan fingerprint density at radius 1 is 0.515 bits per heavy atom. The van der Waals surface area contributed by atoms with Crippen LogP contribution in [-0.2, 0) is 11.8 Å². The van der Waals surface area contributed by atoms with Crippen LogP contribution in [0.4, 0.5) is 28.4 Å². The number of aromatic nitrogens is 2. The molecule has 0 fully saturated rings. The molecule has 0 saturated heterocycles. The molecule has 0 saturated carbocycles. The summed E-state index contributed by atoms with van der Waals surface area (Å²) in [5.74, 6) is 0.246. The van der Waals surface area contributed by atoms with Crippen molar-refractivity contribution in [3.63, 3.8) is 0 Å². The Morgan fingerprint density at radius 3 is 1.83 bits per heavy atom. The zero-order valence-corrected chi connectivity index (χ0v) is 37.1. The fourth-order valence-corrected chi connectivity index (χ4v) is 11.5. The van der Waals surface area contributed by atoms with E-state index in [0.717, 1.165) is 23.5 Å². The van der Waals surface area contributed by atoms with Crippen LogP contribution >= 0.6 is 0 Å². The van der Waals surface area contributed by atoms with Gasteiger partial charge in [0.05, 0.1) is 28.3 Å². The Labute approximate surface area is 385 Å². The van der Waals surface area contributed by atoms with Crippen molar-refractivity contribution in [3.05, 3.63) is 241 Å². The number of rotatable bonds is 7. The van der Waals surface area contributed by atoms with Crippen molar-refractivity contribution in [2.75, 3.05) is 9.80 Å². The van der Waals surface area contributed by atoms with Gasteiger partial charge in [-0.25, -0.2) is 0 Å². The number of allylic oxidation sites excluding steroid dienone is 3. The van der Waals surface area contributed by atoms with E-state index in [9.17, 15) is 0 Å². The second-order valence-corrected chi connectivity index (χ2v) is 18.4. The van der Waals surface area contributed by atoms with Gasteiger partial charge in [-0.15, -0.1) is 0 Å². The highest BCUT2D eigenvalue weighted by atomic mass is 15.2. The number of hydrogen-bond acceptors (Lipinski definition) is 2. The zero-order chi connectivity index (χ0) is 43.9. The number of anilines is 5. The molecule has 8 aromatic carbocycles. The lowest BCUT2D eigenvalue weighted by molar-refractivity contribution is 0.551. The van der Waals surface area contributed by atoms with Crippen molar-refractivity contribution in [2.45, 2.75) is 31.7 Å². The van der Waals surface area contributed by atoms with Crippen molar-refractivity contribution < 1.29 is 0 Å². The predicted octanol–water partition coefficient (Wildman–Crippen LogP) is 16.0. The molecule has 316 valence electrons. The first kappa shape index (κ1) is 38.4. The van der Waals surface area contributed by atoms with Crippen LogP contribution in [0.3, 0.4) is 0 Å². The third-order valence-corrected chi connectivity index (χ3v) is 14.6. The second-order valence-electron chi connectivity index (χ2n) is 18.4. The molecule has 2 aliphatic carbocycles. The molecular formula is C62H48N4. The lowest BCUT2D eigenvalue weighted by atomic mass is 9.76. The average Bonchev–Trinajstić information content (AvgIpc) is 3.98. The molecule has 0 spiro atoms. The van der Waals surface area contributed by atoms with Crippen LogP contribution in [0.2, 0.25) is 0 Å². The Kier molecular flexibility index (Phi) is 8.73. The molecule has 3 aliphatic rings. The van der Waals surface area contributed by atoms with Gasteiger partial charge in [0.1, 0.15) is 0 Å². The lowest BCUT2D eigenvalue weighted by Crippen LogP contribution is -2.39. The first-order chi connectivity index (χ1) is 32.5. The zero-order valence-electron chi connectivity index (χ0n) is 37.1. The fraction of sp³-hybridized carbons (Fsp3) is 0.0968. The van der Waals surface area contributed by atoms with E-state index in [1.165, 1.54) is 83.4 Å². The minimum absolute atomic E-state index is 0.155. The van der Waals surface area contributed by atoms with Gasteiger partial charge in [-0.3, -0.25) is 0 Å². The summed E-state index contributed by atoms with van der Waals surface area (Å²) in [4.78, 5) is 4.95. The lowest BCUT2D eigenvalue weighted by Gasteiger charge is -2.34. The Morgan fingerprint density at radius 2 is 1.11 bits per heavy atom. The summed E-state index contributed by atoms with van der Waals surface area (Å²) >= 11 is 0. The standard InChI is InChI=1S/C62H48N4/c1-42-40-58-52(41-57(42)66-55-27-15-13-25-51(55)60-56(66)38-37-53-61(60)65(46-22-10-5-11-23-46)59-28-16-17-39-62(53,59)2)50-24-12-14-26-54(50)64(58)49-35-33-48(34-36-49)63(45-20-8-4-9-21-45)47-31-29-44(30-32-47)43-18-6-3-7-19-43/h3-39,41-42,59H,40H2,1-2H3. The van der Waals surface area contributed by atoms with E-state index in [2.05, 4.69) is 263 Å². The first-order valence-electron chi connectivity index (χ1n) is 23.3. The van der Waals surface area contributed by atoms with Gasteiger partial charge >= 0.3 is 0 Å². The molecular weight excluding hydrogens is 801 g/mol. The summed E-state index contributed by atoms with van der Waals surface area (Å²) in [6.45, 7) is 4.82. The maximum absolute atomic E-state index is 2.60. The van der Waals surface area contributed by atoms with E-state index in [1.54, 1.807) is 0 Å². The third-order valence-electron chi connectivity index (χ3n) is 14.6. The highest BCUT2D eigenvalue weighted by Crippen LogP contribution is 2.56. The van der Waals surface area contributed by atoms with Crippen LogP contribution in [0.5, 0.6) is 0 Å². The van der Waals surface area contributed by atoms with Crippen molar-refractivity contribution in [1.29, 1.82) is 0 Å². The summed E-state index contributed by atoms with van der Waals surface area (Å²) in [7, 11) is 0. The highest BCUT2D eigenvalue weighted by molar-refractivity contribution is 6.18. The first-order valence-corrected chi connectivity index (χ1v) is 23.3. The molecule has 3 unspecified atom stereocenters. The van der Waals surface area contributed by atoms with E-state index in [4.69, 9.17) is 0 Å². The Balaban J connectivity index is 0.942. The molecule has 3 heterocycles. The minimum atomic E-state index is -0.155. The van der Waals surface area contributed by atoms with E-state index < -0.39 is 0 Å². The number of benzene rings is 8. The van der Waals surface area contributed by atoms with Crippen LogP contribution < -0.4 is 9.80 Å². The molecule has 1 aliphatic heterocycles. The summed E-state index contributed by atoms with van der Waals surface area (Å²) in [5.41, 5.74) is 18.4. The predicted molar refractivity (Wildman–Crippen MR) is 278 cm³/mol. The molecule has 10 aromatic rings. The summed E-state index contributed by atoms with van der Waals surface area (Å²) in [6, 6.07) is 73.3. The Hall–Kier alpha value is -8.08. The van der Waals surface area contributed by atoms with Crippen LogP contribution in [0.25, 0.3) is 61.3 Å². The number of para-hydroxylation sites is 4. The number of nitrogens with zero attached hydrogens (tertiary/aromatic N) is 4. The molecule has 2 aromatic heterocycles. The van der Waals surface area contributed by atoms with E-state index in [1.807, 2.05) is 0 Å². The van der Waals surface area contributed by atoms with Crippen molar-refractivity contribution in [1.82, 2.24) is 9.13 Å². The van der Waals surface area contributed by atoms with Crippen molar-refractivity contribution >= 4 is 72.9 Å². The minimum Gasteiger partial charge on any atom is -0.332 e. The van der Waals surface area contributed by atoms with E-state index in [0.29, 0.717) is 0 Å². The molecule has 4 nitrogen and oxygen atoms in total. The van der Waals surface area contributed by atoms with Crippen molar-refractivity contribution in [3.8, 4) is 16.8 Å². The van der Waals surface area contributed by atoms with E-state index >= 15 is 0 Å². The highest BCUT2D eigenvalue weighted by Gasteiger charge is 2.48. The maximum Gasteiger partial charge on any atom is 0.0655 e. The maximum atomic E-state index is 2.60. The molecule has 0 N–H and O–H groups in total. The number of fused-ring (bicyclic) bond motifs is 10. The smallest absolute Gasteiger partial charge is 0.0655 e. The summed E-state index contributed by atoms with van der Waals surface area (Å²) in [5, 5.41) is 3.89. The third kappa shape index (κ3) is 5.77. The van der Waals surface area contributed by atoms with Crippen LogP contribution in [0, 0.1) is 5.92 Å². The quantitative estimate of drug-likeness (QED) is 0.159.